The van der Waals surface area contributed by atoms with Gasteiger partial charge in [-0.2, -0.15) is 0 Å². The van der Waals surface area contributed by atoms with Crippen LogP contribution in [0, 0.1) is 5.92 Å². The van der Waals surface area contributed by atoms with Gasteiger partial charge in [0.15, 0.2) is 0 Å². The molecule has 5 heteroatoms. The maximum Gasteiger partial charge on any atom is 0.309 e. The second kappa shape index (κ2) is 6.70. The lowest BCUT2D eigenvalue weighted by atomic mass is 9.97. The van der Waals surface area contributed by atoms with Crippen molar-refractivity contribution in [2.75, 3.05) is 26.2 Å². The van der Waals surface area contributed by atoms with Crippen LogP contribution >= 0.6 is 0 Å². The van der Waals surface area contributed by atoms with E-state index in [1.807, 2.05) is 26.4 Å². The monoisotopic (exact) mass is 265 g/mol. The lowest BCUT2D eigenvalue weighted by Crippen LogP contribution is -2.38. The number of carbonyl (C=O) groups excluding carboxylic acids is 1. The van der Waals surface area contributed by atoms with Crippen molar-refractivity contribution in [1.82, 2.24) is 14.5 Å². The first-order valence-electron chi connectivity index (χ1n) is 7.06. The summed E-state index contributed by atoms with van der Waals surface area (Å²) in [6, 6.07) is 0. The molecular weight excluding hydrogens is 242 g/mol. The number of rotatable bonds is 5. The smallest absolute Gasteiger partial charge is 0.309 e. The van der Waals surface area contributed by atoms with Crippen LogP contribution in [0.3, 0.4) is 0 Å². The molecule has 1 aromatic heterocycles. The van der Waals surface area contributed by atoms with Crippen molar-refractivity contribution in [1.29, 1.82) is 0 Å². The highest BCUT2D eigenvalue weighted by molar-refractivity contribution is 5.72. The maximum absolute atomic E-state index is 11.6. The number of nitrogens with zero attached hydrogens (tertiary/aromatic N) is 3. The first kappa shape index (κ1) is 14.1. The van der Waals surface area contributed by atoms with Crippen molar-refractivity contribution in [3.8, 4) is 0 Å². The van der Waals surface area contributed by atoms with Crippen molar-refractivity contribution in [2.24, 2.45) is 13.0 Å². The van der Waals surface area contributed by atoms with Crippen LogP contribution in [0.15, 0.2) is 12.4 Å². The molecule has 1 fully saturated rings. The molecule has 0 bridgehead atoms. The summed E-state index contributed by atoms with van der Waals surface area (Å²) in [6.45, 7) is 5.32. The normalized spacial score (nSPS) is 17.6. The van der Waals surface area contributed by atoms with Gasteiger partial charge in [-0.05, 0) is 32.9 Å². The molecule has 2 rings (SSSR count). The third-order valence-electron chi connectivity index (χ3n) is 3.78. The summed E-state index contributed by atoms with van der Waals surface area (Å²) in [4.78, 5) is 18.4. The van der Waals surface area contributed by atoms with E-state index in [4.69, 9.17) is 4.74 Å². The van der Waals surface area contributed by atoms with E-state index < -0.39 is 0 Å². The van der Waals surface area contributed by atoms with Crippen molar-refractivity contribution >= 4 is 5.97 Å². The standard InChI is InChI=1S/C14H23N3O2/c1-3-19-14(18)12-4-8-17(9-5-12)10-6-13-15-7-11-16(13)2/h7,11-12H,3-6,8-10H2,1-2H3. The first-order chi connectivity index (χ1) is 9.20. The number of aromatic nitrogens is 2. The van der Waals surface area contributed by atoms with E-state index in [0.29, 0.717) is 6.61 Å². The summed E-state index contributed by atoms with van der Waals surface area (Å²) in [5, 5.41) is 0. The lowest BCUT2D eigenvalue weighted by Gasteiger charge is -2.30. The summed E-state index contributed by atoms with van der Waals surface area (Å²) in [5.74, 6) is 1.20. The number of ether oxygens (including phenoxy) is 1. The number of likely N-dealkylation sites (tertiary alicyclic amines) is 1. The molecule has 1 aliphatic rings. The van der Waals surface area contributed by atoms with Crippen LogP contribution in [0.2, 0.25) is 0 Å². The molecule has 19 heavy (non-hydrogen) atoms. The molecule has 5 nitrogen and oxygen atoms in total. The fourth-order valence-corrected chi connectivity index (χ4v) is 2.55. The fraction of sp³-hybridized carbons (Fsp3) is 0.714. The molecule has 0 aliphatic carbocycles. The molecule has 106 valence electrons. The Bertz CT molecular complexity index is 409. The van der Waals surface area contributed by atoms with E-state index in [0.717, 1.165) is 44.7 Å². The lowest BCUT2D eigenvalue weighted by molar-refractivity contribution is -0.149. The molecule has 0 spiro atoms. The van der Waals surface area contributed by atoms with Crippen LogP contribution in [0.5, 0.6) is 0 Å². The van der Waals surface area contributed by atoms with Gasteiger partial charge in [0.2, 0.25) is 0 Å². The molecule has 1 aromatic rings. The number of piperidine rings is 1. The van der Waals surface area contributed by atoms with Crippen molar-refractivity contribution < 1.29 is 9.53 Å². The average Bonchev–Trinajstić information content (AvgIpc) is 2.83. The minimum atomic E-state index is -0.0220. The summed E-state index contributed by atoms with van der Waals surface area (Å²) in [7, 11) is 2.02. The van der Waals surface area contributed by atoms with Crippen LogP contribution in [0.25, 0.3) is 0 Å². The molecule has 0 amide bonds. The largest absolute Gasteiger partial charge is 0.466 e. The minimum absolute atomic E-state index is 0.0220. The van der Waals surface area contributed by atoms with Gasteiger partial charge < -0.3 is 14.2 Å². The van der Waals surface area contributed by atoms with Gasteiger partial charge in [0, 0.05) is 32.4 Å². The molecule has 0 atom stereocenters. The second-order valence-electron chi connectivity index (χ2n) is 5.07. The highest BCUT2D eigenvalue weighted by Crippen LogP contribution is 2.18. The summed E-state index contributed by atoms with van der Waals surface area (Å²) in [5.41, 5.74) is 0. The number of aryl methyl sites for hydroxylation is 1. The van der Waals surface area contributed by atoms with Crippen LogP contribution in [0.1, 0.15) is 25.6 Å². The zero-order valence-corrected chi connectivity index (χ0v) is 11.8. The summed E-state index contributed by atoms with van der Waals surface area (Å²) < 4.78 is 7.14. The van der Waals surface area contributed by atoms with E-state index in [9.17, 15) is 4.79 Å². The van der Waals surface area contributed by atoms with Gasteiger partial charge in [-0.1, -0.05) is 0 Å². The fourth-order valence-electron chi connectivity index (χ4n) is 2.55. The molecule has 0 aromatic carbocycles. The first-order valence-corrected chi connectivity index (χ1v) is 7.06. The Morgan fingerprint density at radius 3 is 2.79 bits per heavy atom. The highest BCUT2D eigenvalue weighted by Gasteiger charge is 2.25. The molecule has 1 aliphatic heterocycles. The summed E-state index contributed by atoms with van der Waals surface area (Å²) >= 11 is 0. The van der Waals surface area contributed by atoms with Crippen LogP contribution in [-0.2, 0) is 23.0 Å². The number of carbonyl (C=O) groups is 1. The highest BCUT2D eigenvalue weighted by atomic mass is 16.5. The Kier molecular flexibility index (Phi) is 4.96. The van der Waals surface area contributed by atoms with Gasteiger partial charge in [-0.3, -0.25) is 4.79 Å². The van der Waals surface area contributed by atoms with Gasteiger partial charge in [0.25, 0.3) is 0 Å². The zero-order valence-electron chi connectivity index (χ0n) is 11.8. The maximum atomic E-state index is 11.6. The van der Waals surface area contributed by atoms with Gasteiger partial charge in [-0.15, -0.1) is 0 Å². The molecule has 2 heterocycles. The van der Waals surface area contributed by atoms with E-state index >= 15 is 0 Å². The molecule has 0 saturated carbocycles. The van der Waals surface area contributed by atoms with E-state index in [2.05, 4.69) is 14.5 Å². The third kappa shape index (κ3) is 3.80. The van der Waals surface area contributed by atoms with Crippen LogP contribution in [0.4, 0.5) is 0 Å². The third-order valence-corrected chi connectivity index (χ3v) is 3.78. The number of hydrogen-bond acceptors (Lipinski definition) is 4. The quantitative estimate of drug-likeness (QED) is 0.752. The Balaban J connectivity index is 1.72. The number of esters is 1. The average molecular weight is 265 g/mol. The van der Waals surface area contributed by atoms with Crippen LogP contribution in [-0.4, -0.2) is 46.7 Å². The molecule has 0 radical (unpaired) electrons. The van der Waals surface area contributed by atoms with Gasteiger partial charge in [0.05, 0.1) is 12.5 Å². The van der Waals surface area contributed by atoms with Crippen molar-refractivity contribution in [3.05, 3.63) is 18.2 Å². The minimum Gasteiger partial charge on any atom is -0.466 e. The van der Waals surface area contributed by atoms with Crippen molar-refractivity contribution in [3.63, 3.8) is 0 Å². The second-order valence-corrected chi connectivity index (χ2v) is 5.07. The van der Waals surface area contributed by atoms with E-state index in [1.54, 1.807) is 0 Å². The Morgan fingerprint density at radius 1 is 1.47 bits per heavy atom. The van der Waals surface area contributed by atoms with Gasteiger partial charge >= 0.3 is 5.97 Å². The Morgan fingerprint density at radius 2 is 2.21 bits per heavy atom. The predicted molar refractivity (Wildman–Crippen MR) is 72.7 cm³/mol. The van der Waals surface area contributed by atoms with Crippen molar-refractivity contribution in [2.45, 2.75) is 26.2 Å². The van der Waals surface area contributed by atoms with Gasteiger partial charge in [-0.25, -0.2) is 4.98 Å². The Hall–Kier alpha value is -1.36. The molecule has 0 unspecified atom stereocenters. The topological polar surface area (TPSA) is 47.4 Å². The molecule has 0 N–H and O–H groups in total. The van der Waals surface area contributed by atoms with E-state index in [-0.39, 0.29) is 11.9 Å². The predicted octanol–water partition coefficient (Wildman–Crippen LogP) is 1.24. The van der Waals surface area contributed by atoms with Gasteiger partial charge in [0.1, 0.15) is 5.82 Å². The summed E-state index contributed by atoms with van der Waals surface area (Å²) in [6.07, 6.45) is 6.61. The number of hydrogen-bond donors (Lipinski definition) is 0. The number of imidazole rings is 1. The van der Waals surface area contributed by atoms with E-state index in [1.165, 1.54) is 0 Å². The molecule has 1 saturated heterocycles. The van der Waals surface area contributed by atoms with Crippen LogP contribution < -0.4 is 0 Å². The Labute approximate surface area is 114 Å². The molecular formula is C14H23N3O2. The SMILES string of the molecule is CCOC(=O)C1CCN(CCc2nccn2C)CC1. The zero-order chi connectivity index (χ0) is 13.7.